The number of nitrogens with zero attached hydrogens (tertiary/aromatic N) is 1. The van der Waals surface area contributed by atoms with Crippen LogP contribution in [0.2, 0.25) is 0 Å². The number of carbonyl (C=O) groups excluding carboxylic acids is 3. The molecule has 2 spiro atoms. The van der Waals surface area contributed by atoms with Crippen molar-refractivity contribution in [3.8, 4) is 0 Å². The van der Waals surface area contributed by atoms with Gasteiger partial charge in [-0.05, 0) is 51.2 Å². The molecule has 1 aromatic rings. The number of ketones is 2. The van der Waals surface area contributed by atoms with Crippen molar-refractivity contribution in [2.45, 2.75) is 52.1 Å². The van der Waals surface area contributed by atoms with Crippen LogP contribution in [0.25, 0.3) is 0 Å². The van der Waals surface area contributed by atoms with Gasteiger partial charge < -0.3 is 9.64 Å². The van der Waals surface area contributed by atoms with Crippen molar-refractivity contribution in [1.29, 1.82) is 0 Å². The van der Waals surface area contributed by atoms with E-state index >= 15 is 0 Å². The minimum atomic E-state index is -0.694. The summed E-state index contributed by atoms with van der Waals surface area (Å²) in [6.07, 6.45) is 2.46. The first kappa shape index (κ1) is 19.7. The maximum atomic E-state index is 12.7. The van der Waals surface area contributed by atoms with Crippen molar-refractivity contribution in [2.24, 2.45) is 10.8 Å². The lowest BCUT2D eigenvalue weighted by atomic mass is 9.46. The Kier molecular flexibility index (Phi) is 4.75. The first-order valence-electron chi connectivity index (χ1n) is 9.70. The van der Waals surface area contributed by atoms with Crippen LogP contribution in [0.15, 0.2) is 30.3 Å². The van der Waals surface area contributed by atoms with Gasteiger partial charge in [-0.1, -0.05) is 38.9 Å². The van der Waals surface area contributed by atoms with Gasteiger partial charge in [-0.3, -0.25) is 9.59 Å². The van der Waals surface area contributed by atoms with Crippen LogP contribution in [0, 0.1) is 14.4 Å². The number of Topliss-reactive ketones (excluding diaryl/α,β-unsaturated/α-hetero) is 2. The lowest BCUT2D eigenvalue weighted by Gasteiger charge is -2.64. The number of hydrogen-bond donors (Lipinski definition) is 0. The van der Waals surface area contributed by atoms with Gasteiger partial charge in [0.25, 0.3) is 0 Å². The number of hydrogen-bond acceptors (Lipinski definition) is 4. The fourth-order valence-electron chi connectivity index (χ4n) is 4.98. The number of carbonyl (C=O) groups is 3. The molecule has 0 radical (unpaired) electrons. The fraction of sp³-hybridized carbons (Fsp3) is 0.545. The highest BCUT2D eigenvalue weighted by Gasteiger charge is 2.63. The number of amides is 1. The van der Waals surface area contributed by atoms with Gasteiger partial charge in [-0.25, -0.2) is 4.79 Å². The van der Waals surface area contributed by atoms with Crippen LogP contribution < -0.4 is 0 Å². The average Bonchev–Trinajstić information content (AvgIpc) is 2.52. The third-order valence-electron chi connectivity index (χ3n) is 5.70. The number of ether oxygens (including phenoxy) is 1. The van der Waals surface area contributed by atoms with Crippen molar-refractivity contribution in [3.05, 3.63) is 33.9 Å². The number of halogens is 1. The van der Waals surface area contributed by atoms with E-state index in [0.29, 0.717) is 29.4 Å². The Morgan fingerprint density at radius 2 is 1.57 bits per heavy atom. The van der Waals surface area contributed by atoms with E-state index in [-0.39, 0.29) is 28.5 Å². The van der Waals surface area contributed by atoms with Crippen molar-refractivity contribution < 1.29 is 19.1 Å². The molecule has 1 amide bonds. The highest BCUT2D eigenvalue weighted by molar-refractivity contribution is 14.2. The third kappa shape index (κ3) is 3.80. The summed E-state index contributed by atoms with van der Waals surface area (Å²) in [7, 11) is 0. The average molecular weight is 495 g/mol. The molecular formula is C22H26INO4. The molecule has 1 saturated heterocycles. The van der Waals surface area contributed by atoms with Gasteiger partial charge in [0.05, 0.1) is 3.51 Å². The van der Waals surface area contributed by atoms with E-state index in [9.17, 15) is 14.4 Å². The summed E-state index contributed by atoms with van der Waals surface area (Å²) in [6.45, 7) is 6.96. The molecule has 5 nitrogen and oxygen atoms in total. The normalized spacial score (nSPS) is 22.8. The van der Waals surface area contributed by atoms with Gasteiger partial charge in [0.15, 0.2) is 11.6 Å². The Hall–Kier alpha value is -1.57. The lowest BCUT2D eigenvalue weighted by Crippen LogP contribution is -2.68. The predicted molar refractivity (Wildman–Crippen MR) is 115 cm³/mol. The zero-order valence-corrected chi connectivity index (χ0v) is 18.7. The predicted octanol–water partition coefficient (Wildman–Crippen LogP) is 3.95. The summed E-state index contributed by atoms with van der Waals surface area (Å²) < 4.78 is 7.11. The summed E-state index contributed by atoms with van der Waals surface area (Å²) in [5.74, 6) is 0.122. The molecule has 1 aromatic carbocycles. The van der Waals surface area contributed by atoms with Crippen LogP contribution in [0.1, 0.15) is 46.5 Å². The Morgan fingerprint density at radius 1 is 1.00 bits per heavy atom. The van der Waals surface area contributed by atoms with Crippen LogP contribution in [0.5, 0.6) is 0 Å². The molecule has 4 rings (SSSR count). The minimum Gasteiger partial charge on any atom is -0.444 e. The highest BCUT2D eigenvalue weighted by Crippen LogP contribution is 2.63. The molecule has 3 aliphatic rings. The summed E-state index contributed by atoms with van der Waals surface area (Å²) in [5.41, 5.74) is -0.571. The molecule has 150 valence electrons. The van der Waals surface area contributed by atoms with Crippen LogP contribution in [-0.4, -0.2) is 44.8 Å². The molecule has 28 heavy (non-hydrogen) atoms. The molecule has 3 fully saturated rings. The Bertz CT molecular complexity index is 832. The molecule has 0 N–H and O–H groups in total. The van der Waals surface area contributed by atoms with Crippen LogP contribution >= 0.6 is 20.7 Å². The van der Waals surface area contributed by atoms with Crippen molar-refractivity contribution in [3.63, 3.8) is 0 Å². The molecule has 2 saturated carbocycles. The number of benzene rings is 1. The zero-order chi connectivity index (χ0) is 20.2. The Labute approximate surface area is 175 Å². The summed E-state index contributed by atoms with van der Waals surface area (Å²) in [6, 6.07) is 9.87. The molecule has 2 aliphatic carbocycles. The second-order valence-electron chi connectivity index (χ2n) is 9.59. The lowest BCUT2D eigenvalue weighted by molar-refractivity contribution is -0.157. The van der Waals surface area contributed by atoms with E-state index in [0.717, 1.165) is 16.4 Å². The summed E-state index contributed by atoms with van der Waals surface area (Å²) >= 11 is -0.694. The van der Waals surface area contributed by atoms with Gasteiger partial charge in [0, 0.05) is 34.9 Å². The van der Waals surface area contributed by atoms with Gasteiger partial charge in [0.1, 0.15) is 5.60 Å². The molecular weight excluding hydrogens is 469 g/mol. The van der Waals surface area contributed by atoms with E-state index < -0.39 is 26.3 Å². The van der Waals surface area contributed by atoms with E-state index in [2.05, 4.69) is 0 Å². The summed E-state index contributed by atoms with van der Waals surface area (Å²) in [4.78, 5) is 39.4. The van der Waals surface area contributed by atoms with Crippen molar-refractivity contribution in [2.75, 3.05) is 13.1 Å². The van der Waals surface area contributed by atoms with E-state index in [1.54, 1.807) is 4.90 Å². The van der Waals surface area contributed by atoms with Crippen molar-refractivity contribution in [1.82, 2.24) is 4.90 Å². The van der Waals surface area contributed by atoms with Gasteiger partial charge >= 0.3 is 6.09 Å². The van der Waals surface area contributed by atoms with Crippen molar-refractivity contribution >= 4 is 41.9 Å². The summed E-state index contributed by atoms with van der Waals surface area (Å²) in [5, 5.41) is 0. The van der Waals surface area contributed by atoms with Crippen LogP contribution in [0.4, 0.5) is 4.79 Å². The highest BCUT2D eigenvalue weighted by atomic mass is 127. The topological polar surface area (TPSA) is 63.7 Å². The van der Waals surface area contributed by atoms with E-state index in [1.165, 1.54) is 0 Å². The maximum Gasteiger partial charge on any atom is 0.410 e. The quantitative estimate of drug-likeness (QED) is 0.554. The smallest absolute Gasteiger partial charge is 0.410 e. The zero-order valence-electron chi connectivity index (χ0n) is 16.6. The Morgan fingerprint density at radius 3 is 2.11 bits per heavy atom. The van der Waals surface area contributed by atoms with Gasteiger partial charge in [0.2, 0.25) is 0 Å². The monoisotopic (exact) mass is 495 g/mol. The fourth-order valence-corrected chi connectivity index (χ4v) is 7.36. The number of likely N-dealkylation sites (tertiary alicyclic amines) is 1. The molecule has 0 bridgehead atoms. The third-order valence-corrected chi connectivity index (χ3v) is 8.79. The van der Waals surface area contributed by atoms with Gasteiger partial charge in [-0.2, -0.15) is 0 Å². The second kappa shape index (κ2) is 6.75. The minimum absolute atomic E-state index is 0.0612. The molecule has 0 unspecified atom stereocenters. The largest absolute Gasteiger partial charge is 0.444 e. The van der Waals surface area contributed by atoms with Crippen LogP contribution in [-0.2, 0) is 14.3 Å². The van der Waals surface area contributed by atoms with E-state index in [4.69, 9.17) is 4.74 Å². The maximum absolute atomic E-state index is 12.7. The first-order chi connectivity index (χ1) is 13.1. The molecule has 6 heteroatoms. The van der Waals surface area contributed by atoms with E-state index in [1.807, 2.05) is 51.1 Å². The second-order valence-corrected chi connectivity index (χ2v) is 12.5. The SMILES string of the molecule is CC(C)(C)OC(=O)N1CC2(C1)CC1(CC(=O)C(=Ic3ccccc3)C(=O)C1)C2. The molecule has 0 aromatic heterocycles. The Balaban J connectivity index is 1.36. The molecule has 1 heterocycles. The molecule has 0 atom stereocenters. The number of rotatable bonds is 1. The molecule has 1 aliphatic heterocycles. The standard InChI is InChI=1S/C22H26INO4/c1-20(2,3)28-19(27)24-13-22(14-24)11-21(12-22)9-16(25)18(17(26)10-21)23-15-7-5-4-6-8-15/h4-8H,9-14H2,1-3H3. The van der Waals surface area contributed by atoms with Gasteiger partial charge in [-0.15, -0.1) is 0 Å². The van der Waals surface area contributed by atoms with Crippen LogP contribution in [0.3, 0.4) is 0 Å². The first-order valence-corrected chi connectivity index (χ1v) is 11.9.